The summed E-state index contributed by atoms with van der Waals surface area (Å²) < 4.78 is 7.03. The number of aliphatic hydroxyl groups excluding tert-OH is 1. The molecule has 1 N–H and O–H groups in total. The second-order valence-corrected chi connectivity index (χ2v) is 11.9. The van der Waals surface area contributed by atoms with Crippen LogP contribution in [0.25, 0.3) is 0 Å². The summed E-state index contributed by atoms with van der Waals surface area (Å²) >= 11 is 0. The maximum Gasteiger partial charge on any atom is 0.193 e. The Labute approximate surface area is 153 Å². The zero-order valence-electron chi connectivity index (χ0n) is 17.5. The van der Waals surface area contributed by atoms with Crippen LogP contribution in [0.3, 0.4) is 0 Å². The summed E-state index contributed by atoms with van der Waals surface area (Å²) in [5.41, 5.74) is 0. The first-order chi connectivity index (χ1) is 11.4. The maximum atomic E-state index is 10.3. The fraction of sp³-hybridized carbons (Fsp3) is 0.905. The Morgan fingerprint density at radius 3 is 1.62 bits per heavy atom. The zero-order chi connectivity index (χ0) is 18.6. The maximum absolute atomic E-state index is 10.3. The summed E-state index contributed by atoms with van der Waals surface area (Å²) in [7, 11) is -1.74. The molecule has 0 aromatic carbocycles. The van der Waals surface area contributed by atoms with Gasteiger partial charge in [0.2, 0.25) is 0 Å². The zero-order valence-corrected chi connectivity index (χ0v) is 18.5. The van der Waals surface area contributed by atoms with Crippen LogP contribution in [-0.4, -0.2) is 19.5 Å². The third-order valence-corrected chi connectivity index (χ3v) is 9.82. The molecule has 3 heteroatoms. The van der Waals surface area contributed by atoms with Crippen LogP contribution in [-0.2, 0) is 4.43 Å². The van der Waals surface area contributed by atoms with Gasteiger partial charge in [0.05, 0.1) is 11.9 Å². The fourth-order valence-electron chi connectivity index (χ4n) is 3.58. The summed E-state index contributed by atoms with van der Waals surface area (Å²) in [6.07, 6.45) is 9.57. The van der Waals surface area contributed by atoms with E-state index in [9.17, 15) is 5.11 Å². The smallest absolute Gasteiger partial charge is 0.193 e. The summed E-state index contributed by atoms with van der Waals surface area (Å²) in [6, 6.07) is 3.86. The van der Waals surface area contributed by atoms with Crippen molar-refractivity contribution in [1.29, 1.82) is 0 Å². The van der Waals surface area contributed by atoms with Gasteiger partial charge in [-0.2, -0.15) is 0 Å². The molecule has 0 spiro atoms. The minimum atomic E-state index is -1.74. The number of unbranched alkanes of at least 4 members (excludes halogenated alkanes) is 3. The Morgan fingerprint density at radius 2 is 1.33 bits per heavy atom. The Bertz CT molecular complexity index is 317. The number of rotatable bonds is 14. The number of aliphatic hydroxyl groups is 1. The molecule has 0 bridgehead atoms. The van der Waals surface area contributed by atoms with Crippen LogP contribution >= 0.6 is 0 Å². The lowest BCUT2D eigenvalue weighted by Crippen LogP contribution is -2.45. The van der Waals surface area contributed by atoms with Gasteiger partial charge in [-0.05, 0) is 37.0 Å². The number of hydrogen-bond acceptors (Lipinski definition) is 2. The van der Waals surface area contributed by atoms with Gasteiger partial charge < -0.3 is 9.53 Å². The normalized spacial score (nSPS) is 15.8. The van der Waals surface area contributed by atoms with Crippen LogP contribution in [0.1, 0.15) is 87.0 Å². The van der Waals surface area contributed by atoms with E-state index in [1.807, 2.05) is 13.0 Å². The van der Waals surface area contributed by atoms with Crippen LogP contribution < -0.4 is 0 Å². The third kappa shape index (κ3) is 8.20. The van der Waals surface area contributed by atoms with Gasteiger partial charge >= 0.3 is 0 Å². The predicted molar refractivity (Wildman–Crippen MR) is 110 cm³/mol. The average molecular weight is 357 g/mol. The largest absolute Gasteiger partial charge is 0.512 e. The molecule has 144 valence electrons. The molecule has 0 amide bonds. The van der Waals surface area contributed by atoms with Crippen LogP contribution in [0.5, 0.6) is 0 Å². The first-order valence-electron chi connectivity index (χ1n) is 10.4. The van der Waals surface area contributed by atoms with Gasteiger partial charge in [0.25, 0.3) is 0 Å². The highest BCUT2D eigenvalue weighted by Gasteiger charge is 2.38. The van der Waals surface area contributed by atoms with Crippen molar-refractivity contribution in [3.8, 4) is 0 Å². The van der Waals surface area contributed by atoms with Crippen molar-refractivity contribution in [2.75, 3.05) is 0 Å². The standard InChI is InChI=1S/C21H44O2Si/c1-8-12-15-24(16-13-9-2,17-14-10-3)23-21(18(5)6)19(7)20(22)11-4/h11,18-19,21-22H,8-10,12-17H2,1-7H3/b20-11-/t19-,21-/m1/s1. The summed E-state index contributed by atoms with van der Waals surface area (Å²) in [6.45, 7) is 15.4. The highest BCUT2D eigenvalue weighted by Crippen LogP contribution is 2.35. The topological polar surface area (TPSA) is 29.5 Å². The number of allylic oxidation sites excluding steroid dienone is 1. The summed E-state index contributed by atoms with van der Waals surface area (Å²) in [4.78, 5) is 0. The van der Waals surface area contributed by atoms with Gasteiger partial charge in [0.1, 0.15) is 0 Å². The number of hydrogen-bond donors (Lipinski definition) is 1. The van der Waals surface area contributed by atoms with E-state index >= 15 is 0 Å². The SMILES string of the molecule is C/C=C(\O)[C@@H](C)[C@H](O[Si](CCCC)(CCCC)CCCC)C(C)C. The Kier molecular flexibility index (Phi) is 12.8. The summed E-state index contributed by atoms with van der Waals surface area (Å²) in [5.74, 6) is 1.00. The van der Waals surface area contributed by atoms with E-state index in [1.54, 1.807) is 0 Å². The molecule has 0 radical (unpaired) electrons. The molecule has 0 aliphatic rings. The van der Waals surface area contributed by atoms with Crippen LogP contribution in [0.2, 0.25) is 18.1 Å². The molecule has 2 nitrogen and oxygen atoms in total. The molecule has 0 unspecified atom stereocenters. The Hall–Kier alpha value is -0.283. The Morgan fingerprint density at radius 1 is 0.917 bits per heavy atom. The fourth-order valence-corrected chi connectivity index (χ4v) is 8.73. The highest BCUT2D eigenvalue weighted by molar-refractivity contribution is 6.73. The van der Waals surface area contributed by atoms with Crippen molar-refractivity contribution < 1.29 is 9.53 Å². The molecule has 2 atom stereocenters. The highest BCUT2D eigenvalue weighted by atomic mass is 28.4. The minimum Gasteiger partial charge on any atom is -0.512 e. The third-order valence-electron chi connectivity index (χ3n) is 5.26. The minimum absolute atomic E-state index is 0.0896. The molecule has 24 heavy (non-hydrogen) atoms. The van der Waals surface area contributed by atoms with E-state index in [1.165, 1.54) is 56.7 Å². The van der Waals surface area contributed by atoms with Crippen molar-refractivity contribution in [2.24, 2.45) is 11.8 Å². The second-order valence-electron chi connectivity index (χ2n) is 7.82. The van der Waals surface area contributed by atoms with Crippen molar-refractivity contribution in [3.05, 3.63) is 11.8 Å². The lowest BCUT2D eigenvalue weighted by Gasteiger charge is -2.40. The lowest BCUT2D eigenvalue weighted by molar-refractivity contribution is 0.0794. The molecule has 0 aliphatic heterocycles. The predicted octanol–water partition coefficient (Wildman–Crippen LogP) is 7.47. The van der Waals surface area contributed by atoms with Gasteiger partial charge in [-0.15, -0.1) is 0 Å². The van der Waals surface area contributed by atoms with Gasteiger partial charge in [-0.3, -0.25) is 0 Å². The monoisotopic (exact) mass is 356 g/mol. The van der Waals surface area contributed by atoms with E-state index in [0.29, 0.717) is 11.7 Å². The molecular weight excluding hydrogens is 312 g/mol. The molecule has 0 saturated carbocycles. The van der Waals surface area contributed by atoms with E-state index in [2.05, 4.69) is 41.5 Å². The molecule has 0 heterocycles. The van der Waals surface area contributed by atoms with Crippen LogP contribution in [0.4, 0.5) is 0 Å². The molecule has 0 fully saturated rings. The van der Waals surface area contributed by atoms with Crippen molar-refractivity contribution in [1.82, 2.24) is 0 Å². The van der Waals surface area contributed by atoms with Crippen molar-refractivity contribution in [2.45, 2.75) is 111 Å². The van der Waals surface area contributed by atoms with Crippen molar-refractivity contribution in [3.63, 3.8) is 0 Å². The van der Waals surface area contributed by atoms with Gasteiger partial charge in [0, 0.05) is 5.92 Å². The molecule has 0 aromatic rings. The molecule has 0 aromatic heterocycles. The molecule has 0 rings (SSSR count). The van der Waals surface area contributed by atoms with Crippen LogP contribution in [0.15, 0.2) is 11.8 Å². The van der Waals surface area contributed by atoms with E-state index in [4.69, 9.17) is 4.43 Å². The second kappa shape index (κ2) is 13.0. The summed E-state index contributed by atoms with van der Waals surface area (Å²) in [5, 5.41) is 10.3. The first-order valence-corrected chi connectivity index (χ1v) is 12.9. The molecular formula is C21H44O2Si. The van der Waals surface area contributed by atoms with Crippen LogP contribution in [0, 0.1) is 11.8 Å². The van der Waals surface area contributed by atoms with E-state index in [-0.39, 0.29) is 12.0 Å². The first kappa shape index (κ1) is 23.7. The van der Waals surface area contributed by atoms with Gasteiger partial charge in [0.15, 0.2) is 8.32 Å². The lowest BCUT2D eigenvalue weighted by atomic mass is 9.93. The van der Waals surface area contributed by atoms with E-state index in [0.717, 1.165) is 0 Å². The van der Waals surface area contributed by atoms with Crippen molar-refractivity contribution >= 4 is 8.32 Å². The Balaban J connectivity index is 5.44. The molecule has 0 saturated heterocycles. The van der Waals surface area contributed by atoms with E-state index < -0.39 is 8.32 Å². The average Bonchev–Trinajstić information content (AvgIpc) is 2.58. The van der Waals surface area contributed by atoms with Gasteiger partial charge in [-0.25, -0.2) is 0 Å². The van der Waals surface area contributed by atoms with Gasteiger partial charge in [-0.1, -0.05) is 80.1 Å². The molecule has 0 aliphatic carbocycles. The quantitative estimate of drug-likeness (QED) is 0.258.